The van der Waals surface area contributed by atoms with Gasteiger partial charge in [0.15, 0.2) is 6.61 Å². The van der Waals surface area contributed by atoms with Gasteiger partial charge in [0, 0.05) is 5.41 Å². The molecule has 0 unspecified atom stereocenters. The summed E-state index contributed by atoms with van der Waals surface area (Å²) in [5.74, 6) is 1.24. The zero-order valence-corrected chi connectivity index (χ0v) is 24.8. The van der Waals surface area contributed by atoms with Crippen LogP contribution in [-0.4, -0.2) is 58.2 Å². The molecule has 3 aromatic carbocycles. The Kier molecular flexibility index (Phi) is 13.1. The average Bonchev–Trinajstić information content (AvgIpc) is 3.01. The Labute approximate surface area is 247 Å². The molecular formula is C33H40O9. The van der Waals surface area contributed by atoms with Gasteiger partial charge in [-0.15, -0.1) is 0 Å². The van der Waals surface area contributed by atoms with E-state index in [-0.39, 0.29) is 25.6 Å². The maximum absolute atomic E-state index is 11.7. The predicted molar refractivity (Wildman–Crippen MR) is 157 cm³/mol. The fraction of sp³-hybridized carbons (Fsp3) is 0.394. The number of benzene rings is 3. The number of esters is 2. The molecule has 42 heavy (non-hydrogen) atoms. The van der Waals surface area contributed by atoms with Gasteiger partial charge in [0.2, 0.25) is 0 Å². The molecule has 0 heterocycles. The third kappa shape index (κ3) is 9.49. The number of hydrogen-bond acceptors (Lipinski definition) is 9. The van der Waals surface area contributed by atoms with Crippen LogP contribution in [-0.2, 0) is 34.3 Å². The summed E-state index contributed by atoms with van der Waals surface area (Å²) in [6.07, 6.45) is 0.185. The zero-order valence-electron chi connectivity index (χ0n) is 24.8. The fourth-order valence-electron chi connectivity index (χ4n) is 4.32. The average molecular weight is 581 g/mol. The lowest BCUT2D eigenvalue weighted by Gasteiger charge is -2.32. The number of carbonyl (C=O) groups is 2. The van der Waals surface area contributed by atoms with Crippen molar-refractivity contribution in [3.63, 3.8) is 0 Å². The zero-order chi connectivity index (χ0) is 30.2. The minimum absolute atomic E-state index is 0.154. The molecule has 0 aromatic heterocycles. The first-order chi connectivity index (χ1) is 20.4. The van der Waals surface area contributed by atoms with Gasteiger partial charge >= 0.3 is 11.9 Å². The second-order valence-corrected chi connectivity index (χ2v) is 9.27. The Morgan fingerprint density at radius 2 is 1.00 bits per heavy atom. The number of ether oxygens (including phenoxy) is 5. The lowest BCUT2D eigenvalue weighted by molar-refractivity contribution is -0.293. The first-order valence-corrected chi connectivity index (χ1v) is 14.2. The van der Waals surface area contributed by atoms with Crippen molar-refractivity contribution in [2.24, 2.45) is 0 Å². The first-order valence-electron chi connectivity index (χ1n) is 14.2. The maximum Gasteiger partial charge on any atom is 0.344 e. The lowest BCUT2D eigenvalue weighted by atomic mass is 9.71. The smallest absolute Gasteiger partial charge is 0.344 e. The van der Waals surface area contributed by atoms with E-state index < -0.39 is 11.4 Å². The van der Waals surface area contributed by atoms with E-state index in [9.17, 15) is 9.59 Å². The van der Waals surface area contributed by atoms with E-state index >= 15 is 0 Å². The molecule has 1 atom stereocenters. The van der Waals surface area contributed by atoms with Crippen molar-refractivity contribution in [2.75, 3.05) is 46.2 Å². The molecule has 0 fully saturated rings. The minimum Gasteiger partial charge on any atom is -0.493 e. The van der Waals surface area contributed by atoms with E-state index in [2.05, 4.69) is 6.92 Å². The molecule has 0 aliphatic carbocycles. The van der Waals surface area contributed by atoms with E-state index in [1.165, 1.54) is 0 Å². The van der Waals surface area contributed by atoms with Crippen LogP contribution in [0.1, 0.15) is 50.8 Å². The van der Waals surface area contributed by atoms with E-state index in [1.54, 1.807) is 13.8 Å². The monoisotopic (exact) mass is 580 g/mol. The third-order valence-corrected chi connectivity index (χ3v) is 6.47. The van der Waals surface area contributed by atoms with Crippen molar-refractivity contribution < 1.29 is 43.0 Å². The van der Waals surface area contributed by atoms with E-state index in [4.69, 9.17) is 33.5 Å². The molecule has 0 amide bonds. The molecule has 226 valence electrons. The Morgan fingerprint density at radius 3 is 1.48 bits per heavy atom. The van der Waals surface area contributed by atoms with Crippen LogP contribution in [0.15, 0.2) is 72.8 Å². The highest BCUT2D eigenvalue weighted by Gasteiger charge is 2.31. The topological polar surface area (TPSA) is 98.8 Å². The standard InChI is InChI=1S/C33H40O9/c1-5-36-31(34)20-21-38-28-14-8-25(9-15-28)33(4,26-10-16-29(17-11-26)39-22-23-42-41-7-3)27-12-18-30(19-13-27)40-24-32(35)37-6-2/h8-19H,5-7,20-24H2,1-4H3/t33-/m1/s1. The van der Waals surface area contributed by atoms with Crippen LogP contribution in [0.5, 0.6) is 17.2 Å². The summed E-state index contributed by atoms with van der Waals surface area (Å²) in [7, 11) is 0. The summed E-state index contributed by atoms with van der Waals surface area (Å²) in [5, 5.41) is 0. The van der Waals surface area contributed by atoms with Crippen LogP contribution >= 0.6 is 0 Å². The van der Waals surface area contributed by atoms with Crippen molar-refractivity contribution in [1.82, 2.24) is 0 Å². The number of rotatable bonds is 18. The summed E-state index contributed by atoms with van der Waals surface area (Å²) in [4.78, 5) is 33.2. The van der Waals surface area contributed by atoms with Gasteiger partial charge in [0.25, 0.3) is 0 Å². The fourth-order valence-corrected chi connectivity index (χ4v) is 4.32. The summed E-state index contributed by atoms with van der Waals surface area (Å²) in [5.41, 5.74) is 2.52. The second kappa shape index (κ2) is 17.0. The van der Waals surface area contributed by atoms with E-state index in [0.717, 1.165) is 16.7 Å². The largest absolute Gasteiger partial charge is 0.493 e. The third-order valence-electron chi connectivity index (χ3n) is 6.47. The molecule has 9 heteroatoms. The number of carbonyl (C=O) groups excluding carboxylic acids is 2. The predicted octanol–water partition coefficient (Wildman–Crippen LogP) is 5.66. The van der Waals surface area contributed by atoms with Crippen LogP contribution in [0.4, 0.5) is 0 Å². The molecule has 0 aliphatic heterocycles. The second-order valence-electron chi connectivity index (χ2n) is 9.27. The molecule has 0 radical (unpaired) electrons. The van der Waals surface area contributed by atoms with Gasteiger partial charge in [0.1, 0.15) is 30.5 Å². The summed E-state index contributed by atoms with van der Waals surface area (Å²) >= 11 is 0. The summed E-state index contributed by atoms with van der Waals surface area (Å²) in [6.45, 7) is 9.43. The molecule has 0 N–H and O–H groups in total. The van der Waals surface area contributed by atoms with E-state index in [1.807, 2.05) is 79.7 Å². The Balaban J connectivity index is 1.82. The van der Waals surface area contributed by atoms with Gasteiger partial charge in [-0.2, -0.15) is 0 Å². The molecule has 9 nitrogen and oxygen atoms in total. The van der Waals surface area contributed by atoms with Crippen molar-refractivity contribution >= 4 is 11.9 Å². The van der Waals surface area contributed by atoms with Crippen molar-refractivity contribution in [2.45, 2.75) is 39.5 Å². The van der Waals surface area contributed by atoms with Gasteiger partial charge in [-0.1, -0.05) is 36.4 Å². The van der Waals surface area contributed by atoms with Crippen LogP contribution < -0.4 is 14.2 Å². The van der Waals surface area contributed by atoms with Gasteiger partial charge in [0.05, 0.1) is 32.8 Å². The highest BCUT2D eigenvalue weighted by molar-refractivity contribution is 5.71. The van der Waals surface area contributed by atoms with Crippen LogP contribution in [0.3, 0.4) is 0 Å². The normalized spacial score (nSPS) is 12.2. The first kappa shape index (κ1) is 32.4. The molecule has 0 saturated heterocycles. The lowest BCUT2D eigenvalue weighted by Crippen LogP contribution is -2.25. The van der Waals surface area contributed by atoms with Gasteiger partial charge in [-0.3, -0.25) is 4.79 Å². The SMILES string of the molecule is CCOOCCOc1ccc([C@@](C)(c2ccc(OCCC(=O)OCC)cc2)c2ccc(OCC(=O)OCC)cc2)cc1. The summed E-state index contributed by atoms with van der Waals surface area (Å²) < 4.78 is 27.1. The maximum atomic E-state index is 11.7. The molecular weight excluding hydrogens is 540 g/mol. The Morgan fingerprint density at radius 1 is 0.548 bits per heavy atom. The van der Waals surface area contributed by atoms with Crippen LogP contribution in [0, 0.1) is 0 Å². The van der Waals surface area contributed by atoms with E-state index in [0.29, 0.717) is 50.3 Å². The molecule has 0 bridgehead atoms. The summed E-state index contributed by atoms with van der Waals surface area (Å²) in [6, 6.07) is 23.4. The van der Waals surface area contributed by atoms with Crippen LogP contribution in [0.2, 0.25) is 0 Å². The molecule has 0 spiro atoms. The quantitative estimate of drug-likeness (QED) is 0.0620. The van der Waals surface area contributed by atoms with Crippen molar-refractivity contribution in [3.8, 4) is 17.2 Å². The minimum atomic E-state index is -0.556. The molecule has 3 aromatic rings. The highest BCUT2D eigenvalue weighted by atomic mass is 17.2. The highest BCUT2D eigenvalue weighted by Crippen LogP contribution is 2.40. The van der Waals surface area contributed by atoms with Crippen molar-refractivity contribution in [1.29, 1.82) is 0 Å². The Bertz CT molecular complexity index is 1220. The molecule has 3 rings (SSSR count). The number of hydrogen-bond donors (Lipinski definition) is 0. The molecule has 0 saturated carbocycles. The van der Waals surface area contributed by atoms with Gasteiger partial charge < -0.3 is 23.7 Å². The van der Waals surface area contributed by atoms with Gasteiger partial charge in [-0.05, 0) is 80.8 Å². The Hall–Kier alpha value is -4.08. The molecule has 0 aliphatic rings. The van der Waals surface area contributed by atoms with Crippen LogP contribution in [0.25, 0.3) is 0 Å². The van der Waals surface area contributed by atoms with Gasteiger partial charge in [-0.25, -0.2) is 14.6 Å². The van der Waals surface area contributed by atoms with Crippen molar-refractivity contribution in [3.05, 3.63) is 89.5 Å².